The SMILES string of the molecule is CC(C)CN(CC(=O)O)C1CCCN(C)CC1. The summed E-state index contributed by atoms with van der Waals surface area (Å²) >= 11 is 0. The highest BCUT2D eigenvalue weighted by molar-refractivity contribution is 5.69. The second kappa shape index (κ2) is 6.97. The number of likely N-dealkylation sites (tertiary alicyclic amines) is 1. The van der Waals surface area contributed by atoms with E-state index in [2.05, 4.69) is 30.7 Å². The summed E-state index contributed by atoms with van der Waals surface area (Å²) < 4.78 is 0. The Kier molecular flexibility index (Phi) is 5.92. The van der Waals surface area contributed by atoms with Crippen LogP contribution < -0.4 is 0 Å². The van der Waals surface area contributed by atoms with Crippen molar-refractivity contribution in [1.29, 1.82) is 0 Å². The second-order valence-electron chi connectivity index (χ2n) is 5.61. The summed E-state index contributed by atoms with van der Waals surface area (Å²) in [6.45, 7) is 7.60. The van der Waals surface area contributed by atoms with Gasteiger partial charge in [0, 0.05) is 12.6 Å². The Morgan fingerprint density at radius 3 is 2.71 bits per heavy atom. The van der Waals surface area contributed by atoms with Gasteiger partial charge in [-0.05, 0) is 45.3 Å². The van der Waals surface area contributed by atoms with Gasteiger partial charge in [0.25, 0.3) is 0 Å². The van der Waals surface area contributed by atoms with Crippen LogP contribution >= 0.6 is 0 Å². The third-order valence-electron chi connectivity index (χ3n) is 3.38. The molecule has 0 saturated carbocycles. The second-order valence-corrected chi connectivity index (χ2v) is 5.61. The average Bonchev–Trinajstić information content (AvgIpc) is 2.40. The highest BCUT2D eigenvalue weighted by Crippen LogP contribution is 2.17. The van der Waals surface area contributed by atoms with E-state index in [-0.39, 0.29) is 6.54 Å². The molecule has 1 aliphatic rings. The van der Waals surface area contributed by atoms with Gasteiger partial charge < -0.3 is 10.0 Å². The number of nitrogens with zero attached hydrogens (tertiary/aromatic N) is 2. The molecule has 0 spiro atoms. The van der Waals surface area contributed by atoms with Crippen LogP contribution in [0.3, 0.4) is 0 Å². The molecular formula is C13H26N2O2. The molecule has 0 bridgehead atoms. The smallest absolute Gasteiger partial charge is 0.317 e. The number of hydrogen-bond acceptors (Lipinski definition) is 3. The van der Waals surface area contributed by atoms with Gasteiger partial charge >= 0.3 is 5.97 Å². The van der Waals surface area contributed by atoms with Crippen LogP contribution in [0.2, 0.25) is 0 Å². The molecule has 0 aromatic carbocycles. The first kappa shape index (κ1) is 14.5. The summed E-state index contributed by atoms with van der Waals surface area (Å²) in [5.74, 6) is -0.182. The van der Waals surface area contributed by atoms with Crippen LogP contribution in [0.25, 0.3) is 0 Å². The van der Waals surface area contributed by atoms with Gasteiger partial charge in [-0.25, -0.2) is 0 Å². The molecule has 0 radical (unpaired) electrons. The zero-order chi connectivity index (χ0) is 12.8. The average molecular weight is 242 g/mol. The van der Waals surface area contributed by atoms with Crippen LogP contribution in [-0.4, -0.2) is 60.1 Å². The summed E-state index contributed by atoms with van der Waals surface area (Å²) in [7, 11) is 2.15. The van der Waals surface area contributed by atoms with Crippen molar-refractivity contribution >= 4 is 5.97 Å². The zero-order valence-electron chi connectivity index (χ0n) is 11.4. The van der Waals surface area contributed by atoms with Crippen LogP contribution in [0.5, 0.6) is 0 Å². The Hall–Kier alpha value is -0.610. The number of carbonyl (C=O) groups is 1. The Bertz CT molecular complexity index is 244. The Morgan fingerprint density at radius 1 is 1.41 bits per heavy atom. The van der Waals surface area contributed by atoms with Gasteiger partial charge in [0.2, 0.25) is 0 Å². The van der Waals surface area contributed by atoms with Crippen LogP contribution in [0.15, 0.2) is 0 Å². The molecule has 1 N–H and O–H groups in total. The van der Waals surface area contributed by atoms with Crippen molar-refractivity contribution in [3.8, 4) is 0 Å². The predicted octanol–water partition coefficient (Wildman–Crippen LogP) is 1.51. The normalized spacial score (nSPS) is 23.0. The molecule has 1 heterocycles. The van der Waals surface area contributed by atoms with Crippen LogP contribution in [-0.2, 0) is 4.79 Å². The maximum absolute atomic E-state index is 10.9. The number of aliphatic carboxylic acids is 1. The van der Waals surface area contributed by atoms with E-state index in [1.807, 2.05) is 0 Å². The fourth-order valence-electron chi connectivity index (χ4n) is 2.57. The van der Waals surface area contributed by atoms with E-state index in [0.717, 1.165) is 32.5 Å². The minimum atomic E-state index is -0.705. The molecule has 1 saturated heterocycles. The van der Waals surface area contributed by atoms with E-state index in [4.69, 9.17) is 5.11 Å². The van der Waals surface area contributed by atoms with Crippen LogP contribution in [0.1, 0.15) is 33.1 Å². The molecule has 0 aromatic rings. The lowest BCUT2D eigenvalue weighted by Crippen LogP contribution is -2.41. The van der Waals surface area contributed by atoms with Gasteiger partial charge in [-0.3, -0.25) is 9.69 Å². The molecule has 4 heteroatoms. The molecule has 0 aliphatic carbocycles. The Morgan fingerprint density at radius 2 is 2.12 bits per heavy atom. The standard InChI is InChI=1S/C13H26N2O2/c1-11(2)9-15(10-13(16)17)12-5-4-7-14(3)8-6-12/h11-12H,4-10H2,1-3H3,(H,16,17). The first-order valence-corrected chi connectivity index (χ1v) is 6.63. The lowest BCUT2D eigenvalue weighted by atomic mass is 10.1. The molecule has 1 unspecified atom stereocenters. The fourth-order valence-corrected chi connectivity index (χ4v) is 2.57. The van der Waals surface area contributed by atoms with Gasteiger partial charge in [0.05, 0.1) is 6.54 Å². The molecule has 4 nitrogen and oxygen atoms in total. The molecule has 1 fully saturated rings. The maximum atomic E-state index is 10.9. The molecular weight excluding hydrogens is 216 g/mol. The van der Waals surface area contributed by atoms with Gasteiger partial charge in [-0.15, -0.1) is 0 Å². The molecule has 0 amide bonds. The molecule has 1 aliphatic heterocycles. The fraction of sp³-hybridized carbons (Fsp3) is 0.923. The highest BCUT2D eigenvalue weighted by atomic mass is 16.4. The monoisotopic (exact) mass is 242 g/mol. The first-order chi connectivity index (χ1) is 7.99. The van der Waals surface area contributed by atoms with Crippen molar-refractivity contribution in [1.82, 2.24) is 9.80 Å². The molecule has 0 aromatic heterocycles. The molecule has 1 atom stereocenters. The molecule has 100 valence electrons. The van der Waals surface area contributed by atoms with Gasteiger partial charge in [0.1, 0.15) is 0 Å². The zero-order valence-corrected chi connectivity index (χ0v) is 11.4. The predicted molar refractivity (Wildman–Crippen MR) is 69.2 cm³/mol. The van der Waals surface area contributed by atoms with Crippen molar-refractivity contribution in [2.75, 3.05) is 33.2 Å². The van der Waals surface area contributed by atoms with E-state index >= 15 is 0 Å². The Labute approximate surface area is 105 Å². The summed E-state index contributed by atoms with van der Waals surface area (Å²) in [4.78, 5) is 15.4. The minimum Gasteiger partial charge on any atom is -0.480 e. The van der Waals surface area contributed by atoms with Crippen molar-refractivity contribution in [2.45, 2.75) is 39.2 Å². The summed E-state index contributed by atoms with van der Waals surface area (Å²) in [6, 6.07) is 0.443. The van der Waals surface area contributed by atoms with Gasteiger partial charge in [0.15, 0.2) is 0 Å². The largest absolute Gasteiger partial charge is 0.480 e. The molecule has 17 heavy (non-hydrogen) atoms. The lowest BCUT2D eigenvalue weighted by molar-refractivity contribution is -0.139. The topological polar surface area (TPSA) is 43.8 Å². The van der Waals surface area contributed by atoms with E-state index < -0.39 is 5.97 Å². The molecule has 1 rings (SSSR count). The summed E-state index contributed by atoms with van der Waals surface area (Å²) in [6.07, 6.45) is 3.40. The van der Waals surface area contributed by atoms with E-state index in [1.54, 1.807) is 0 Å². The quantitative estimate of drug-likeness (QED) is 0.794. The third kappa shape index (κ3) is 5.50. The summed E-state index contributed by atoms with van der Waals surface area (Å²) in [5.41, 5.74) is 0. The van der Waals surface area contributed by atoms with E-state index in [9.17, 15) is 4.79 Å². The van der Waals surface area contributed by atoms with Crippen LogP contribution in [0.4, 0.5) is 0 Å². The lowest BCUT2D eigenvalue weighted by Gasteiger charge is -2.31. The number of carboxylic acid groups (broad SMARTS) is 1. The number of carboxylic acids is 1. The maximum Gasteiger partial charge on any atom is 0.317 e. The summed E-state index contributed by atoms with van der Waals surface area (Å²) in [5, 5.41) is 9.00. The van der Waals surface area contributed by atoms with Gasteiger partial charge in [-0.1, -0.05) is 13.8 Å². The van der Waals surface area contributed by atoms with Crippen molar-refractivity contribution in [3.05, 3.63) is 0 Å². The first-order valence-electron chi connectivity index (χ1n) is 6.63. The van der Waals surface area contributed by atoms with Crippen molar-refractivity contribution in [3.63, 3.8) is 0 Å². The van der Waals surface area contributed by atoms with Crippen molar-refractivity contribution in [2.24, 2.45) is 5.92 Å². The minimum absolute atomic E-state index is 0.187. The Balaban J connectivity index is 2.57. The third-order valence-corrected chi connectivity index (χ3v) is 3.38. The van der Waals surface area contributed by atoms with Crippen LogP contribution in [0, 0.1) is 5.92 Å². The van der Waals surface area contributed by atoms with E-state index in [1.165, 1.54) is 6.42 Å². The highest BCUT2D eigenvalue weighted by Gasteiger charge is 2.23. The van der Waals surface area contributed by atoms with Crippen molar-refractivity contribution < 1.29 is 9.90 Å². The number of hydrogen-bond donors (Lipinski definition) is 1. The van der Waals surface area contributed by atoms with E-state index in [0.29, 0.717) is 12.0 Å². The van der Waals surface area contributed by atoms with Gasteiger partial charge in [-0.2, -0.15) is 0 Å². The number of rotatable bonds is 5.